The molecule has 256 valence electrons. The van der Waals surface area contributed by atoms with Gasteiger partial charge in [-0.05, 0) is 75.3 Å². The number of piperazine rings is 1. The van der Waals surface area contributed by atoms with E-state index in [1.165, 1.54) is 17.9 Å². The highest BCUT2D eigenvalue weighted by molar-refractivity contribution is 6.36. The highest BCUT2D eigenvalue weighted by Crippen LogP contribution is 2.43. The zero-order valence-electron chi connectivity index (χ0n) is 26.8. The molecule has 0 radical (unpaired) electrons. The average molecular weight is 693 g/mol. The molecule has 3 fully saturated rings. The molecular weight excluding hydrogens is 658 g/mol. The number of halogens is 3. The lowest BCUT2D eigenvalue weighted by atomic mass is 9.95. The molecule has 14 heteroatoms. The van der Waals surface area contributed by atoms with Crippen LogP contribution in [0.3, 0.4) is 0 Å². The van der Waals surface area contributed by atoms with Crippen LogP contribution in [0.1, 0.15) is 39.0 Å². The average Bonchev–Trinajstić information content (AvgIpc) is 3.64. The zero-order valence-corrected chi connectivity index (χ0v) is 27.6. The summed E-state index contributed by atoms with van der Waals surface area (Å²) in [4.78, 5) is 26.5. The van der Waals surface area contributed by atoms with E-state index in [2.05, 4.69) is 14.9 Å². The number of benzene rings is 3. The molecule has 2 N–H and O–H groups in total. The van der Waals surface area contributed by atoms with Crippen molar-refractivity contribution in [2.24, 2.45) is 0 Å². The number of aromatic nitrogens is 2. The fourth-order valence-corrected chi connectivity index (χ4v) is 8.05. The van der Waals surface area contributed by atoms with Crippen molar-refractivity contribution in [2.75, 3.05) is 44.2 Å². The van der Waals surface area contributed by atoms with E-state index in [4.69, 9.17) is 21.1 Å². The number of hydrogen-bond acceptors (Lipinski definition) is 9. The molecule has 11 nitrogen and oxygen atoms in total. The number of nitrogens with zero attached hydrogens (tertiary/aromatic N) is 6. The fourth-order valence-electron chi connectivity index (χ4n) is 7.77. The van der Waals surface area contributed by atoms with Crippen LogP contribution in [0, 0.1) is 23.0 Å². The monoisotopic (exact) mass is 692 g/mol. The Balaban J connectivity index is 1.39. The van der Waals surface area contributed by atoms with Crippen molar-refractivity contribution in [1.82, 2.24) is 19.8 Å². The minimum Gasteiger partial charge on any atom is -0.465 e. The van der Waals surface area contributed by atoms with Crippen LogP contribution < -0.4 is 14.4 Å². The van der Waals surface area contributed by atoms with E-state index in [0.29, 0.717) is 17.4 Å². The van der Waals surface area contributed by atoms with Crippen LogP contribution in [0.5, 0.6) is 11.8 Å². The third-order valence-corrected chi connectivity index (χ3v) is 10.3. The molecule has 0 aliphatic carbocycles. The lowest BCUT2D eigenvalue weighted by Gasteiger charge is -2.40. The van der Waals surface area contributed by atoms with E-state index >= 15 is 8.78 Å². The van der Waals surface area contributed by atoms with Crippen molar-refractivity contribution >= 4 is 45.2 Å². The second-order valence-corrected chi connectivity index (χ2v) is 13.4. The maximum atomic E-state index is 17.0. The van der Waals surface area contributed by atoms with Gasteiger partial charge in [0.1, 0.15) is 29.5 Å². The number of rotatable bonds is 8. The smallest absolute Gasteiger partial charge is 0.407 e. The molecule has 1 unspecified atom stereocenters. The van der Waals surface area contributed by atoms with Gasteiger partial charge in [0.25, 0.3) is 0 Å². The SMILES string of the molecule is CC(O)Oc1cc(-c2c(F)cc3c(N4CCN(C(=O)O)[C@@H](CC#N)C4)nc(OCC45CCCN4CCC5)nc3c2F)c2c(Cl)cccc2c1. The first-order chi connectivity index (χ1) is 23.6. The van der Waals surface area contributed by atoms with Crippen LogP contribution in [-0.2, 0) is 0 Å². The summed E-state index contributed by atoms with van der Waals surface area (Å²) in [5, 5.41) is 30.4. The predicted molar refractivity (Wildman–Crippen MR) is 179 cm³/mol. The Morgan fingerprint density at radius 2 is 1.94 bits per heavy atom. The second kappa shape index (κ2) is 13.1. The number of hydrogen-bond donors (Lipinski definition) is 2. The number of aliphatic hydroxyl groups excluding tert-OH is 1. The molecule has 4 heterocycles. The maximum absolute atomic E-state index is 17.0. The number of nitriles is 1. The number of anilines is 1. The van der Waals surface area contributed by atoms with Crippen LogP contribution in [-0.4, -0.2) is 93.3 Å². The van der Waals surface area contributed by atoms with Gasteiger partial charge in [-0.1, -0.05) is 23.7 Å². The van der Waals surface area contributed by atoms with Gasteiger partial charge in [0, 0.05) is 41.0 Å². The summed E-state index contributed by atoms with van der Waals surface area (Å²) in [6.07, 6.45) is 1.61. The number of amides is 1. The third kappa shape index (κ3) is 6.02. The number of fused-ring (bicyclic) bond motifs is 3. The van der Waals surface area contributed by atoms with E-state index in [0.717, 1.165) is 44.8 Å². The zero-order chi connectivity index (χ0) is 34.4. The molecule has 49 heavy (non-hydrogen) atoms. The van der Waals surface area contributed by atoms with Gasteiger partial charge in [-0.2, -0.15) is 15.2 Å². The van der Waals surface area contributed by atoms with Crippen molar-refractivity contribution in [2.45, 2.75) is 56.9 Å². The van der Waals surface area contributed by atoms with Gasteiger partial charge in [0.15, 0.2) is 12.1 Å². The van der Waals surface area contributed by atoms with Crippen LogP contribution >= 0.6 is 11.6 Å². The molecule has 7 rings (SSSR count). The first-order valence-corrected chi connectivity index (χ1v) is 16.7. The molecule has 4 aromatic rings. The van der Waals surface area contributed by atoms with Gasteiger partial charge in [-0.25, -0.2) is 13.6 Å². The summed E-state index contributed by atoms with van der Waals surface area (Å²) in [7, 11) is 0. The predicted octanol–water partition coefficient (Wildman–Crippen LogP) is 6.19. The molecule has 3 aliphatic rings. The molecule has 3 aromatic carbocycles. The molecule has 2 atom stereocenters. The van der Waals surface area contributed by atoms with Crippen molar-refractivity contribution in [3.05, 3.63) is 53.1 Å². The lowest BCUT2D eigenvalue weighted by Crippen LogP contribution is -2.55. The molecule has 0 bridgehead atoms. The summed E-state index contributed by atoms with van der Waals surface area (Å²) in [5.41, 5.74) is -0.640. The molecule has 0 saturated carbocycles. The lowest BCUT2D eigenvalue weighted by molar-refractivity contribution is -0.000157. The van der Waals surface area contributed by atoms with Gasteiger partial charge in [0.2, 0.25) is 0 Å². The van der Waals surface area contributed by atoms with E-state index < -0.39 is 35.6 Å². The van der Waals surface area contributed by atoms with Gasteiger partial charge in [-0.15, -0.1) is 0 Å². The molecule has 1 amide bonds. The van der Waals surface area contributed by atoms with Crippen LogP contribution in [0.2, 0.25) is 5.02 Å². The van der Waals surface area contributed by atoms with Crippen molar-refractivity contribution in [1.29, 1.82) is 5.26 Å². The third-order valence-electron chi connectivity index (χ3n) is 9.95. The molecule has 3 saturated heterocycles. The van der Waals surface area contributed by atoms with Crippen LogP contribution in [0.25, 0.3) is 32.8 Å². The largest absolute Gasteiger partial charge is 0.465 e. The van der Waals surface area contributed by atoms with Crippen molar-refractivity contribution in [3.8, 4) is 29.0 Å². The van der Waals surface area contributed by atoms with Gasteiger partial charge in [0.05, 0.1) is 29.6 Å². The van der Waals surface area contributed by atoms with E-state index in [-0.39, 0.29) is 70.7 Å². The number of aliphatic hydroxyl groups is 1. The normalized spacial score (nSPS) is 19.6. The summed E-state index contributed by atoms with van der Waals surface area (Å²) in [6.45, 7) is 3.99. The molecular formula is C35H35ClF2N6O5. The first kappa shape index (κ1) is 33.0. The Bertz CT molecular complexity index is 1980. The number of carbonyl (C=O) groups is 1. The Morgan fingerprint density at radius 1 is 1.16 bits per heavy atom. The minimum absolute atomic E-state index is 0.0606. The standard InChI is InChI=1S/C35H35ClF2N6O5/c1-20(45)49-23-15-21-5-2-6-26(36)28(21)24(16-23)29-27(37)17-25-31(30(29)38)40-33(48-19-35-8-3-11-43(35)12-4-9-35)41-32(25)42-13-14-44(34(46)47)22(18-42)7-10-39/h2,5-6,15-17,20,22,45H,3-4,7-9,11-14,18-19H2,1H3,(H,46,47)/t20?,22-/m0/s1. The van der Waals surface area contributed by atoms with Gasteiger partial charge < -0.3 is 29.5 Å². The summed E-state index contributed by atoms with van der Waals surface area (Å²) in [6, 6.07) is 10.5. The first-order valence-electron chi connectivity index (χ1n) is 16.3. The van der Waals surface area contributed by atoms with Gasteiger partial charge >= 0.3 is 12.1 Å². The molecule has 3 aliphatic heterocycles. The topological polar surface area (TPSA) is 135 Å². The quantitative estimate of drug-likeness (QED) is 0.206. The summed E-state index contributed by atoms with van der Waals surface area (Å²) >= 11 is 6.61. The van der Waals surface area contributed by atoms with Crippen molar-refractivity contribution < 1.29 is 33.3 Å². The Hall–Kier alpha value is -4.51. The number of carboxylic acid groups (broad SMARTS) is 1. The van der Waals surface area contributed by atoms with E-state index in [1.807, 2.05) is 6.07 Å². The van der Waals surface area contributed by atoms with Crippen LogP contribution in [0.4, 0.5) is 19.4 Å². The fraction of sp³-hybridized carbons (Fsp3) is 0.429. The van der Waals surface area contributed by atoms with E-state index in [1.54, 1.807) is 29.2 Å². The summed E-state index contributed by atoms with van der Waals surface area (Å²) in [5.74, 6) is -1.53. The second-order valence-electron chi connectivity index (χ2n) is 12.9. The Labute approximate surface area is 286 Å². The van der Waals surface area contributed by atoms with E-state index in [9.17, 15) is 20.3 Å². The highest BCUT2D eigenvalue weighted by atomic mass is 35.5. The molecule has 0 spiro atoms. The minimum atomic E-state index is -1.19. The number of ether oxygens (including phenoxy) is 2. The van der Waals surface area contributed by atoms with Crippen molar-refractivity contribution in [3.63, 3.8) is 0 Å². The molecule has 1 aromatic heterocycles. The summed E-state index contributed by atoms with van der Waals surface area (Å²) < 4.78 is 45.3. The Morgan fingerprint density at radius 3 is 2.65 bits per heavy atom. The Kier molecular flexibility index (Phi) is 8.81. The maximum Gasteiger partial charge on any atom is 0.407 e. The highest BCUT2D eigenvalue weighted by Gasteiger charge is 2.45. The van der Waals surface area contributed by atoms with Crippen LogP contribution in [0.15, 0.2) is 36.4 Å². The van der Waals surface area contributed by atoms with Gasteiger partial charge in [-0.3, -0.25) is 4.90 Å².